The van der Waals surface area contributed by atoms with Crippen LogP contribution >= 0.6 is 0 Å². The molecule has 6 heteroatoms. The van der Waals surface area contributed by atoms with E-state index in [0.29, 0.717) is 0 Å². The van der Waals surface area contributed by atoms with Crippen molar-refractivity contribution in [2.75, 3.05) is 0 Å². The monoisotopic (exact) mass is 653 g/mol. The first-order valence-corrected chi connectivity index (χ1v) is 11.2. The molecule has 0 fully saturated rings. The van der Waals surface area contributed by atoms with Crippen LogP contribution < -0.4 is 0 Å². The number of hydrogen-bond acceptors (Lipinski definition) is 5. The van der Waals surface area contributed by atoms with Crippen molar-refractivity contribution in [2.45, 2.75) is 13.8 Å². The number of fused-ring (bicyclic) bond motifs is 4. The Morgan fingerprint density at radius 3 is 2.39 bits per heavy atom. The average Bonchev–Trinajstić information content (AvgIpc) is 3.46. The number of ketones is 1. The number of aliphatic hydroxyl groups excluding tert-OH is 1. The average molecular weight is 653 g/mol. The van der Waals surface area contributed by atoms with Crippen LogP contribution in [0.1, 0.15) is 13.8 Å². The number of hydrogen-bond donors (Lipinski definition) is 1. The first-order chi connectivity index (χ1) is 17.0. The van der Waals surface area contributed by atoms with Crippen LogP contribution in [0.25, 0.3) is 55.5 Å². The summed E-state index contributed by atoms with van der Waals surface area (Å²) in [6, 6.07) is 29.4. The molecule has 3 heterocycles. The molecule has 5 nitrogen and oxygen atoms in total. The number of furan rings is 2. The topological polar surface area (TPSA) is 76.5 Å². The van der Waals surface area contributed by atoms with E-state index in [0.717, 1.165) is 55.5 Å². The zero-order valence-electron chi connectivity index (χ0n) is 19.6. The number of pyridine rings is 1. The summed E-state index contributed by atoms with van der Waals surface area (Å²) >= 11 is 0. The number of carbonyl (C=O) groups excluding carboxylic acids is 1. The fourth-order valence-electron chi connectivity index (χ4n) is 4.05. The van der Waals surface area contributed by atoms with E-state index in [-0.39, 0.29) is 31.6 Å². The Labute approximate surface area is 221 Å². The molecule has 0 aliphatic carbocycles. The van der Waals surface area contributed by atoms with Gasteiger partial charge in [-0.05, 0) is 32.0 Å². The number of allylic oxidation sites excluding steroid dienone is 2. The molecule has 0 unspecified atom stereocenters. The maximum Gasteiger partial charge on any atom is 0.155 e. The molecule has 36 heavy (non-hydrogen) atoms. The number of aromatic nitrogens is 1. The summed E-state index contributed by atoms with van der Waals surface area (Å²) in [7, 11) is 0. The van der Waals surface area contributed by atoms with Crippen molar-refractivity contribution in [3.8, 4) is 22.6 Å². The Morgan fingerprint density at radius 1 is 0.917 bits per heavy atom. The van der Waals surface area contributed by atoms with Gasteiger partial charge in [0.05, 0.1) is 11.3 Å². The van der Waals surface area contributed by atoms with E-state index in [2.05, 4.69) is 23.2 Å². The summed E-state index contributed by atoms with van der Waals surface area (Å²) in [5, 5.41) is 11.5. The number of aliphatic hydroxyl groups is 1. The Morgan fingerprint density at radius 2 is 1.67 bits per heavy atom. The summed E-state index contributed by atoms with van der Waals surface area (Å²) < 4.78 is 12.4. The molecule has 0 spiro atoms. The molecule has 0 saturated carbocycles. The second-order valence-electron chi connectivity index (χ2n) is 8.14. The SMILES string of the molecule is CC(=O)/C=C(/C)O.[Ir].[c-]1ccc2c(oc3ccccc32)c1-c1nccc2cc(-c3ccccc3)oc12. The number of benzene rings is 3. The summed E-state index contributed by atoms with van der Waals surface area (Å²) in [6.45, 7) is 2.85. The normalized spacial score (nSPS) is 11.2. The van der Waals surface area contributed by atoms with E-state index >= 15 is 0 Å². The van der Waals surface area contributed by atoms with Crippen molar-refractivity contribution < 1.29 is 38.8 Å². The van der Waals surface area contributed by atoms with E-state index in [4.69, 9.17) is 13.9 Å². The number of rotatable bonds is 3. The molecule has 6 rings (SSSR count). The Kier molecular flexibility index (Phi) is 7.49. The van der Waals surface area contributed by atoms with Crippen molar-refractivity contribution in [3.05, 3.63) is 103 Å². The van der Waals surface area contributed by atoms with Gasteiger partial charge in [0, 0.05) is 54.4 Å². The van der Waals surface area contributed by atoms with Crippen LogP contribution in [0.4, 0.5) is 0 Å². The van der Waals surface area contributed by atoms with Crippen LogP contribution in [0.5, 0.6) is 0 Å². The van der Waals surface area contributed by atoms with Gasteiger partial charge in [0.2, 0.25) is 0 Å². The maximum absolute atomic E-state index is 10.0. The minimum atomic E-state index is -0.125. The van der Waals surface area contributed by atoms with Crippen molar-refractivity contribution in [2.24, 2.45) is 0 Å². The summed E-state index contributed by atoms with van der Waals surface area (Å²) in [5.74, 6) is 0.758. The van der Waals surface area contributed by atoms with E-state index in [1.54, 1.807) is 6.20 Å². The van der Waals surface area contributed by atoms with Gasteiger partial charge in [-0.25, -0.2) is 0 Å². The Hall–Kier alpha value is -3.99. The molecule has 0 bridgehead atoms. The molecule has 181 valence electrons. The summed E-state index contributed by atoms with van der Waals surface area (Å²) in [5.41, 5.74) is 4.97. The molecule has 1 N–H and O–H groups in total. The Balaban J connectivity index is 0.000000338. The minimum Gasteiger partial charge on any atom is -0.512 e. The predicted octanol–water partition coefficient (Wildman–Crippen LogP) is 7.90. The van der Waals surface area contributed by atoms with Crippen molar-refractivity contribution in [1.82, 2.24) is 4.98 Å². The molecule has 0 atom stereocenters. The van der Waals surface area contributed by atoms with Crippen LogP contribution in [0.2, 0.25) is 0 Å². The van der Waals surface area contributed by atoms with Crippen LogP contribution in [0, 0.1) is 6.07 Å². The predicted molar refractivity (Wildman–Crippen MR) is 138 cm³/mol. The van der Waals surface area contributed by atoms with Crippen molar-refractivity contribution in [3.63, 3.8) is 0 Å². The van der Waals surface area contributed by atoms with Gasteiger partial charge in [0.25, 0.3) is 0 Å². The summed E-state index contributed by atoms with van der Waals surface area (Å²) in [6.07, 6.45) is 2.97. The van der Waals surface area contributed by atoms with Gasteiger partial charge in [-0.1, -0.05) is 59.5 Å². The zero-order chi connectivity index (χ0) is 24.4. The molecule has 1 radical (unpaired) electrons. The third-order valence-corrected chi connectivity index (χ3v) is 5.48. The molecular formula is C30H22IrNO4-. The van der Waals surface area contributed by atoms with E-state index in [1.165, 1.54) is 19.9 Å². The smallest absolute Gasteiger partial charge is 0.155 e. The zero-order valence-corrected chi connectivity index (χ0v) is 22.0. The van der Waals surface area contributed by atoms with Gasteiger partial charge in [-0.2, -0.15) is 0 Å². The number of carbonyl (C=O) groups is 1. The van der Waals surface area contributed by atoms with E-state index in [1.807, 2.05) is 66.7 Å². The van der Waals surface area contributed by atoms with Gasteiger partial charge >= 0.3 is 0 Å². The second kappa shape index (κ2) is 10.7. The van der Waals surface area contributed by atoms with E-state index < -0.39 is 0 Å². The molecule has 3 aromatic heterocycles. The van der Waals surface area contributed by atoms with Crippen LogP contribution in [0.15, 0.2) is 106 Å². The van der Waals surface area contributed by atoms with Gasteiger partial charge in [0.15, 0.2) is 5.78 Å². The molecule has 0 amide bonds. The van der Waals surface area contributed by atoms with E-state index in [9.17, 15) is 4.79 Å². The molecule has 3 aromatic carbocycles. The van der Waals surface area contributed by atoms with Gasteiger partial charge in [0.1, 0.15) is 16.9 Å². The van der Waals surface area contributed by atoms with Crippen LogP contribution in [-0.2, 0) is 24.9 Å². The molecule has 6 aromatic rings. The molecular weight excluding hydrogens is 631 g/mol. The molecule has 0 aliphatic rings. The van der Waals surface area contributed by atoms with Crippen LogP contribution in [-0.4, -0.2) is 15.9 Å². The standard InChI is InChI=1S/C25H14NO2.C5H8O2.Ir/c1-2-7-16(8-3-1)22-15-17-13-14-26-23(24(17)28-22)20-11-6-10-19-18-9-4-5-12-21(18)27-25(19)20;1-4(6)3-5(2)7;/h1-10,12-15H;3,6H,1-2H3;/q-1;;/b;4-3-;. The fraction of sp³-hybridized carbons (Fsp3) is 0.0667. The fourth-order valence-corrected chi connectivity index (χ4v) is 4.05. The van der Waals surface area contributed by atoms with Gasteiger partial charge in [-0.3, -0.25) is 4.79 Å². The third-order valence-electron chi connectivity index (χ3n) is 5.48. The van der Waals surface area contributed by atoms with Gasteiger partial charge in [-0.15, -0.1) is 18.2 Å². The quantitative estimate of drug-likeness (QED) is 0.120. The summed E-state index contributed by atoms with van der Waals surface area (Å²) in [4.78, 5) is 14.6. The first-order valence-electron chi connectivity index (χ1n) is 11.2. The van der Waals surface area contributed by atoms with Gasteiger partial charge < -0.3 is 18.9 Å². The second-order valence-corrected chi connectivity index (χ2v) is 8.14. The van der Waals surface area contributed by atoms with Crippen molar-refractivity contribution >= 4 is 38.7 Å². The largest absolute Gasteiger partial charge is 0.512 e. The van der Waals surface area contributed by atoms with Crippen molar-refractivity contribution in [1.29, 1.82) is 0 Å². The third kappa shape index (κ3) is 5.01. The molecule has 0 saturated heterocycles. The Bertz CT molecular complexity index is 1690. The minimum absolute atomic E-state index is 0. The first kappa shape index (κ1) is 25.1. The molecule has 0 aliphatic heterocycles. The maximum atomic E-state index is 10.0. The number of para-hydroxylation sites is 1. The number of nitrogens with zero attached hydrogens (tertiary/aromatic N) is 1. The van der Waals surface area contributed by atoms with Crippen LogP contribution in [0.3, 0.4) is 0 Å².